The van der Waals surface area contributed by atoms with Gasteiger partial charge < -0.3 is 14.8 Å². The van der Waals surface area contributed by atoms with Crippen LogP contribution in [0.25, 0.3) is 28.5 Å². The standard InChI is InChI=1S/C20H19FN6O2.ClH/c1-11-17(20-24-18(26-29-20)13-4-2-3-5-14(13)21)19-23-16(28)10-15(27(19)25-11)12-6-8-22-9-7-12;/h2-5,10,12,22H,6-9H2,1H3,(H,23,28);1H. The lowest BCUT2D eigenvalue weighted by atomic mass is 9.94. The summed E-state index contributed by atoms with van der Waals surface area (Å²) < 4.78 is 21.3. The van der Waals surface area contributed by atoms with Crippen molar-refractivity contribution in [3.05, 3.63) is 57.9 Å². The van der Waals surface area contributed by atoms with Crippen molar-refractivity contribution in [1.29, 1.82) is 0 Å². The highest BCUT2D eigenvalue weighted by atomic mass is 35.5. The maximum atomic E-state index is 14.1. The van der Waals surface area contributed by atoms with Gasteiger partial charge in [0.1, 0.15) is 17.0 Å². The molecule has 1 aliphatic heterocycles. The third kappa shape index (κ3) is 3.40. The molecule has 5 rings (SSSR count). The van der Waals surface area contributed by atoms with Crippen LogP contribution in [-0.4, -0.2) is 37.8 Å². The maximum Gasteiger partial charge on any atom is 0.263 e. The third-order valence-corrected chi connectivity index (χ3v) is 5.34. The molecule has 0 amide bonds. The van der Waals surface area contributed by atoms with Crippen molar-refractivity contribution in [2.24, 2.45) is 0 Å². The molecule has 30 heavy (non-hydrogen) atoms. The molecule has 4 heterocycles. The zero-order valence-electron chi connectivity index (χ0n) is 16.2. The Morgan fingerprint density at radius 2 is 2.00 bits per heavy atom. The second-order valence-corrected chi connectivity index (χ2v) is 7.21. The molecule has 3 aromatic heterocycles. The first-order chi connectivity index (χ1) is 14.1. The van der Waals surface area contributed by atoms with Crippen LogP contribution in [-0.2, 0) is 0 Å². The summed E-state index contributed by atoms with van der Waals surface area (Å²) in [5, 5.41) is 11.9. The van der Waals surface area contributed by atoms with E-state index in [9.17, 15) is 9.18 Å². The number of rotatable bonds is 3. The molecule has 4 aromatic rings. The van der Waals surface area contributed by atoms with Crippen LogP contribution >= 0.6 is 12.4 Å². The van der Waals surface area contributed by atoms with E-state index in [2.05, 4.69) is 25.5 Å². The minimum absolute atomic E-state index is 0. The largest absolute Gasteiger partial charge is 0.333 e. The van der Waals surface area contributed by atoms with Crippen LogP contribution in [0.4, 0.5) is 4.39 Å². The summed E-state index contributed by atoms with van der Waals surface area (Å²) in [7, 11) is 0. The van der Waals surface area contributed by atoms with Crippen molar-refractivity contribution in [2.75, 3.05) is 13.1 Å². The van der Waals surface area contributed by atoms with Gasteiger partial charge in [0, 0.05) is 12.0 Å². The third-order valence-electron chi connectivity index (χ3n) is 5.34. The molecule has 8 nitrogen and oxygen atoms in total. The van der Waals surface area contributed by atoms with Crippen LogP contribution in [0.2, 0.25) is 0 Å². The lowest BCUT2D eigenvalue weighted by Gasteiger charge is -2.23. The summed E-state index contributed by atoms with van der Waals surface area (Å²) >= 11 is 0. The number of fused-ring (bicyclic) bond motifs is 1. The number of H-pyrrole nitrogens is 1. The Balaban J connectivity index is 0.00000218. The Morgan fingerprint density at radius 3 is 2.77 bits per heavy atom. The highest BCUT2D eigenvalue weighted by Crippen LogP contribution is 2.31. The van der Waals surface area contributed by atoms with Crippen molar-refractivity contribution in [3.8, 4) is 22.8 Å². The average Bonchev–Trinajstić information content (AvgIpc) is 3.32. The minimum atomic E-state index is -0.432. The number of benzene rings is 1. The van der Waals surface area contributed by atoms with Gasteiger partial charge in [-0.1, -0.05) is 17.3 Å². The van der Waals surface area contributed by atoms with Crippen LogP contribution in [0, 0.1) is 12.7 Å². The zero-order valence-corrected chi connectivity index (χ0v) is 17.0. The quantitative estimate of drug-likeness (QED) is 0.518. The molecular formula is C20H20ClFN6O2. The van der Waals surface area contributed by atoms with Crippen LogP contribution in [0.1, 0.15) is 30.1 Å². The fraction of sp³-hybridized carbons (Fsp3) is 0.300. The Morgan fingerprint density at radius 1 is 1.23 bits per heavy atom. The van der Waals surface area contributed by atoms with Crippen LogP contribution in [0.15, 0.2) is 39.6 Å². The van der Waals surface area contributed by atoms with Gasteiger partial charge in [0.25, 0.3) is 11.4 Å². The van der Waals surface area contributed by atoms with Crippen molar-refractivity contribution in [1.82, 2.24) is 30.1 Å². The monoisotopic (exact) mass is 430 g/mol. The van der Waals surface area contributed by atoms with Gasteiger partial charge in [0.15, 0.2) is 0 Å². The first-order valence-electron chi connectivity index (χ1n) is 9.54. The molecule has 10 heteroatoms. The van der Waals surface area contributed by atoms with Gasteiger partial charge in [-0.15, -0.1) is 12.4 Å². The molecule has 0 saturated carbocycles. The van der Waals surface area contributed by atoms with E-state index in [0.29, 0.717) is 16.9 Å². The second-order valence-electron chi connectivity index (χ2n) is 7.21. The molecular weight excluding hydrogens is 411 g/mol. The molecule has 0 bridgehead atoms. The van der Waals surface area contributed by atoms with E-state index in [1.54, 1.807) is 28.8 Å². The molecule has 1 aliphatic rings. The number of aryl methyl sites for hydroxylation is 1. The highest BCUT2D eigenvalue weighted by molar-refractivity contribution is 5.85. The number of piperidine rings is 1. The van der Waals surface area contributed by atoms with E-state index in [0.717, 1.165) is 31.6 Å². The molecule has 1 saturated heterocycles. The van der Waals surface area contributed by atoms with Gasteiger partial charge in [-0.05, 0) is 45.0 Å². The SMILES string of the molecule is Cc1nn2c(C3CCNCC3)cc(=O)[nH]c2c1-c1nc(-c2ccccc2F)no1.Cl. The summed E-state index contributed by atoms with van der Waals surface area (Å²) in [5.41, 5.74) is 2.61. The molecule has 156 valence electrons. The van der Waals surface area contributed by atoms with Crippen molar-refractivity contribution >= 4 is 18.1 Å². The molecule has 1 aromatic carbocycles. The fourth-order valence-electron chi connectivity index (χ4n) is 3.92. The maximum absolute atomic E-state index is 14.1. The van der Waals surface area contributed by atoms with Crippen molar-refractivity contribution in [2.45, 2.75) is 25.7 Å². The average molecular weight is 431 g/mol. The van der Waals surface area contributed by atoms with E-state index in [-0.39, 0.29) is 41.2 Å². The highest BCUT2D eigenvalue weighted by Gasteiger charge is 2.25. The number of halogens is 2. The smallest absolute Gasteiger partial charge is 0.263 e. The number of hydrogen-bond donors (Lipinski definition) is 2. The number of hydrogen-bond acceptors (Lipinski definition) is 6. The van der Waals surface area contributed by atoms with Crippen LogP contribution in [0.3, 0.4) is 0 Å². The van der Waals surface area contributed by atoms with E-state index in [4.69, 9.17) is 4.52 Å². The number of aromatic amines is 1. The van der Waals surface area contributed by atoms with E-state index in [1.165, 1.54) is 6.07 Å². The van der Waals surface area contributed by atoms with Gasteiger partial charge in [-0.2, -0.15) is 10.1 Å². The summed E-state index contributed by atoms with van der Waals surface area (Å²) in [4.78, 5) is 19.6. The predicted octanol–water partition coefficient (Wildman–Crippen LogP) is 3.08. The van der Waals surface area contributed by atoms with Gasteiger partial charge in [-0.25, -0.2) is 8.91 Å². The summed E-state index contributed by atoms with van der Waals surface area (Å²) in [6, 6.07) is 7.84. The molecule has 0 aliphatic carbocycles. The van der Waals surface area contributed by atoms with E-state index < -0.39 is 5.82 Å². The summed E-state index contributed by atoms with van der Waals surface area (Å²) in [6.45, 7) is 3.63. The zero-order chi connectivity index (χ0) is 20.0. The summed E-state index contributed by atoms with van der Waals surface area (Å²) in [6.07, 6.45) is 1.87. The molecule has 0 unspecified atom stereocenters. The molecule has 0 radical (unpaired) electrons. The molecule has 0 atom stereocenters. The van der Waals surface area contributed by atoms with Crippen LogP contribution < -0.4 is 10.9 Å². The Bertz CT molecular complexity index is 1260. The lowest BCUT2D eigenvalue weighted by molar-refractivity contribution is 0.432. The van der Waals surface area contributed by atoms with Crippen molar-refractivity contribution < 1.29 is 8.91 Å². The van der Waals surface area contributed by atoms with E-state index >= 15 is 0 Å². The fourth-order valence-corrected chi connectivity index (χ4v) is 3.92. The van der Waals surface area contributed by atoms with Gasteiger partial charge in [0.2, 0.25) is 5.82 Å². The first kappa shape index (κ1) is 20.2. The van der Waals surface area contributed by atoms with Gasteiger partial charge >= 0.3 is 0 Å². The number of nitrogens with one attached hydrogen (secondary N) is 2. The molecule has 0 spiro atoms. The number of nitrogens with zero attached hydrogens (tertiary/aromatic N) is 4. The second kappa shape index (κ2) is 8.00. The van der Waals surface area contributed by atoms with Gasteiger partial charge in [0.05, 0.1) is 17.0 Å². The Labute approximate surface area is 176 Å². The minimum Gasteiger partial charge on any atom is -0.333 e. The van der Waals surface area contributed by atoms with Crippen molar-refractivity contribution in [3.63, 3.8) is 0 Å². The lowest BCUT2D eigenvalue weighted by Crippen LogP contribution is -2.28. The topological polar surface area (TPSA) is 101 Å². The Hall–Kier alpha value is -3.04. The van der Waals surface area contributed by atoms with E-state index in [1.807, 2.05) is 6.92 Å². The summed E-state index contributed by atoms with van der Waals surface area (Å²) in [5.74, 6) is 0.144. The molecule has 1 fully saturated rings. The molecule has 2 N–H and O–H groups in total. The van der Waals surface area contributed by atoms with Crippen LogP contribution in [0.5, 0.6) is 0 Å². The number of aromatic nitrogens is 5. The first-order valence-corrected chi connectivity index (χ1v) is 9.54. The Kier molecular flexibility index (Phi) is 5.40. The predicted molar refractivity (Wildman–Crippen MR) is 111 cm³/mol. The van der Waals surface area contributed by atoms with Gasteiger partial charge in [-0.3, -0.25) is 4.79 Å². The normalized spacial score (nSPS) is 14.7.